The van der Waals surface area contributed by atoms with E-state index in [2.05, 4.69) is 20.6 Å². The summed E-state index contributed by atoms with van der Waals surface area (Å²) < 4.78 is 4.92. The highest BCUT2D eigenvalue weighted by molar-refractivity contribution is 5.99. The van der Waals surface area contributed by atoms with Gasteiger partial charge in [-0.1, -0.05) is 6.07 Å². The molecule has 2 N–H and O–H groups in total. The Morgan fingerprint density at radius 2 is 1.83 bits per heavy atom. The summed E-state index contributed by atoms with van der Waals surface area (Å²) in [6.07, 6.45) is 6.94. The van der Waals surface area contributed by atoms with Gasteiger partial charge in [0.05, 0.1) is 11.1 Å². The molecule has 0 saturated heterocycles. The highest BCUT2D eigenvalue weighted by Crippen LogP contribution is 2.04. The number of carbonyl (C=O) groups is 2. The van der Waals surface area contributed by atoms with Crippen LogP contribution in [0.5, 0.6) is 0 Å². The minimum atomic E-state index is -0.291. The van der Waals surface area contributed by atoms with Crippen molar-refractivity contribution in [3.63, 3.8) is 0 Å². The normalized spacial score (nSPS) is 10.2. The van der Waals surface area contributed by atoms with E-state index in [1.807, 2.05) is 6.07 Å². The Kier molecular flexibility index (Phi) is 6.85. The lowest BCUT2D eigenvalue weighted by molar-refractivity contribution is 0.0948. The Hall–Kier alpha value is -2.80. The van der Waals surface area contributed by atoms with Gasteiger partial charge in [0.15, 0.2) is 0 Å². The van der Waals surface area contributed by atoms with Crippen LogP contribution in [0.2, 0.25) is 0 Å². The Bertz CT molecular complexity index is 677. The average molecular weight is 328 g/mol. The van der Waals surface area contributed by atoms with E-state index in [-0.39, 0.29) is 11.8 Å². The third kappa shape index (κ3) is 5.44. The maximum Gasteiger partial charge on any atom is 0.253 e. The first-order valence-electron chi connectivity index (χ1n) is 7.60. The SMILES string of the molecule is COCCCNC(=O)c1cncc(C(=O)NCc2cccnc2)c1. The molecule has 2 rings (SSSR count). The molecule has 0 aliphatic rings. The van der Waals surface area contributed by atoms with Crippen LogP contribution in [0.3, 0.4) is 0 Å². The lowest BCUT2D eigenvalue weighted by Crippen LogP contribution is -2.27. The second-order valence-corrected chi connectivity index (χ2v) is 5.11. The predicted molar refractivity (Wildman–Crippen MR) is 88.5 cm³/mol. The molecule has 0 spiro atoms. The summed E-state index contributed by atoms with van der Waals surface area (Å²) >= 11 is 0. The van der Waals surface area contributed by atoms with Crippen LogP contribution < -0.4 is 10.6 Å². The number of ether oxygens (including phenoxy) is 1. The lowest BCUT2D eigenvalue weighted by Gasteiger charge is -2.07. The largest absolute Gasteiger partial charge is 0.385 e. The smallest absolute Gasteiger partial charge is 0.253 e. The minimum absolute atomic E-state index is 0.263. The molecule has 0 aliphatic carbocycles. The summed E-state index contributed by atoms with van der Waals surface area (Å²) in [6.45, 7) is 1.44. The minimum Gasteiger partial charge on any atom is -0.385 e. The standard InChI is InChI=1S/C17H20N4O3/c1-24-7-3-6-20-16(22)14-8-15(12-19-11-14)17(23)21-10-13-4-2-5-18-9-13/h2,4-5,8-9,11-12H,3,6-7,10H2,1H3,(H,20,22)(H,21,23). The number of methoxy groups -OCH3 is 1. The van der Waals surface area contributed by atoms with Crippen molar-refractivity contribution in [2.45, 2.75) is 13.0 Å². The fourth-order valence-corrected chi connectivity index (χ4v) is 2.00. The van der Waals surface area contributed by atoms with Crippen LogP contribution in [0.25, 0.3) is 0 Å². The topological polar surface area (TPSA) is 93.2 Å². The molecule has 2 aromatic rings. The lowest BCUT2D eigenvalue weighted by atomic mass is 10.2. The van der Waals surface area contributed by atoms with E-state index in [4.69, 9.17) is 4.74 Å². The van der Waals surface area contributed by atoms with Gasteiger partial charge in [0.25, 0.3) is 11.8 Å². The first kappa shape index (κ1) is 17.6. The molecule has 2 amide bonds. The Labute approximate surface area is 140 Å². The molecule has 0 unspecified atom stereocenters. The molecule has 126 valence electrons. The number of rotatable bonds is 8. The molecule has 0 atom stereocenters. The summed E-state index contributed by atoms with van der Waals surface area (Å²) in [5, 5.41) is 5.53. The zero-order valence-corrected chi connectivity index (χ0v) is 13.5. The van der Waals surface area contributed by atoms with Crippen molar-refractivity contribution in [3.05, 3.63) is 59.7 Å². The summed E-state index contributed by atoms with van der Waals surface area (Å²) in [5.74, 6) is -0.555. The van der Waals surface area contributed by atoms with Gasteiger partial charge >= 0.3 is 0 Å². The number of amides is 2. The van der Waals surface area contributed by atoms with Gasteiger partial charge in [-0.25, -0.2) is 0 Å². The first-order valence-corrected chi connectivity index (χ1v) is 7.60. The van der Waals surface area contributed by atoms with Crippen molar-refractivity contribution in [1.82, 2.24) is 20.6 Å². The molecule has 7 heteroatoms. The zero-order valence-electron chi connectivity index (χ0n) is 13.5. The van der Waals surface area contributed by atoms with E-state index in [0.29, 0.717) is 30.8 Å². The van der Waals surface area contributed by atoms with Crippen molar-refractivity contribution in [1.29, 1.82) is 0 Å². The molecule has 2 aromatic heterocycles. The van der Waals surface area contributed by atoms with Crippen molar-refractivity contribution in [2.24, 2.45) is 0 Å². The molecule has 0 bridgehead atoms. The molecule has 2 heterocycles. The zero-order chi connectivity index (χ0) is 17.2. The van der Waals surface area contributed by atoms with E-state index < -0.39 is 0 Å². The summed E-state index contributed by atoms with van der Waals surface area (Å²) in [5.41, 5.74) is 1.58. The van der Waals surface area contributed by atoms with Crippen LogP contribution in [0, 0.1) is 0 Å². The molecule has 0 aliphatic heterocycles. The quantitative estimate of drug-likeness (QED) is 0.710. The Morgan fingerprint density at radius 3 is 2.50 bits per heavy atom. The Balaban J connectivity index is 1.91. The third-order valence-electron chi connectivity index (χ3n) is 3.25. The van der Waals surface area contributed by atoms with Gasteiger partial charge in [-0.05, 0) is 24.1 Å². The predicted octanol–water partition coefficient (Wildman–Crippen LogP) is 1.17. The molecule has 0 radical (unpaired) electrons. The molecule has 0 fully saturated rings. The van der Waals surface area contributed by atoms with Crippen molar-refractivity contribution >= 4 is 11.8 Å². The monoisotopic (exact) mass is 328 g/mol. The van der Waals surface area contributed by atoms with E-state index >= 15 is 0 Å². The van der Waals surface area contributed by atoms with E-state index in [1.54, 1.807) is 25.6 Å². The van der Waals surface area contributed by atoms with Crippen LogP contribution >= 0.6 is 0 Å². The molecule has 0 saturated carbocycles. The van der Waals surface area contributed by atoms with Crippen molar-refractivity contribution in [2.75, 3.05) is 20.3 Å². The maximum atomic E-state index is 12.2. The van der Waals surface area contributed by atoms with Crippen LogP contribution in [0.4, 0.5) is 0 Å². The van der Waals surface area contributed by atoms with Gasteiger partial charge in [0.1, 0.15) is 0 Å². The summed E-state index contributed by atoms with van der Waals surface area (Å²) in [6, 6.07) is 5.20. The van der Waals surface area contributed by atoms with Gasteiger partial charge in [0, 0.05) is 51.6 Å². The highest BCUT2D eigenvalue weighted by Gasteiger charge is 2.11. The van der Waals surface area contributed by atoms with E-state index in [1.165, 1.54) is 18.5 Å². The second-order valence-electron chi connectivity index (χ2n) is 5.11. The van der Waals surface area contributed by atoms with E-state index in [9.17, 15) is 9.59 Å². The number of nitrogens with zero attached hydrogens (tertiary/aromatic N) is 2. The van der Waals surface area contributed by atoms with Gasteiger partial charge in [-0.15, -0.1) is 0 Å². The van der Waals surface area contributed by atoms with Crippen LogP contribution in [0.15, 0.2) is 43.0 Å². The van der Waals surface area contributed by atoms with Gasteiger partial charge in [-0.3, -0.25) is 19.6 Å². The fourth-order valence-electron chi connectivity index (χ4n) is 2.00. The number of hydrogen-bond donors (Lipinski definition) is 2. The van der Waals surface area contributed by atoms with E-state index in [0.717, 1.165) is 12.0 Å². The summed E-state index contributed by atoms with van der Waals surface area (Å²) in [4.78, 5) is 32.2. The molecular weight excluding hydrogens is 308 g/mol. The Morgan fingerprint density at radius 1 is 1.08 bits per heavy atom. The summed E-state index contributed by atoms with van der Waals surface area (Å²) in [7, 11) is 1.61. The fraction of sp³-hybridized carbons (Fsp3) is 0.294. The van der Waals surface area contributed by atoms with Gasteiger partial charge in [0.2, 0.25) is 0 Å². The number of pyridine rings is 2. The second kappa shape index (κ2) is 9.36. The maximum absolute atomic E-state index is 12.2. The highest BCUT2D eigenvalue weighted by atomic mass is 16.5. The third-order valence-corrected chi connectivity index (χ3v) is 3.25. The van der Waals surface area contributed by atoms with Crippen molar-refractivity contribution in [3.8, 4) is 0 Å². The first-order chi connectivity index (χ1) is 11.7. The van der Waals surface area contributed by atoms with Crippen LogP contribution in [-0.2, 0) is 11.3 Å². The molecule has 7 nitrogen and oxygen atoms in total. The number of aromatic nitrogens is 2. The molecule has 0 aromatic carbocycles. The number of nitrogens with one attached hydrogen (secondary N) is 2. The number of hydrogen-bond acceptors (Lipinski definition) is 5. The molecule has 24 heavy (non-hydrogen) atoms. The molecular formula is C17H20N4O3. The van der Waals surface area contributed by atoms with Crippen molar-refractivity contribution < 1.29 is 14.3 Å². The van der Waals surface area contributed by atoms with Crippen LogP contribution in [-0.4, -0.2) is 42.0 Å². The van der Waals surface area contributed by atoms with Gasteiger partial charge in [-0.2, -0.15) is 0 Å². The average Bonchev–Trinajstić information content (AvgIpc) is 2.64. The van der Waals surface area contributed by atoms with Crippen LogP contribution in [0.1, 0.15) is 32.7 Å². The van der Waals surface area contributed by atoms with Gasteiger partial charge < -0.3 is 15.4 Å². The number of carbonyl (C=O) groups excluding carboxylic acids is 2.